The summed E-state index contributed by atoms with van der Waals surface area (Å²) < 4.78 is 11.2. The number of phenols is 2. The first-order valence-electron chi connectivity index (χ1n) is 10.5. The van der Waals surface area contributed by atoms with Crippen LogP contribution in [0, 0.1) is 0 Å². The fourth-order valence-electron chi connectivity index (χ4n) is 4.11. The van der Waals surface area contributed by atoms with Crippen LogP contribution in [0.4, 0.5) is 10.5 Å². The van der Waals surface area contributed by atoms with Crippen molar-refractivity contribution in [3.05, 3.63) is 102 Å². The van der Waals surface area contributed by atoms with Crippen LogP contribution in [0.2, 0.25) is 0 Å². The lowest BCUT2D eigenvalue weighted by Crippen LogP contribution is -2.17. The highest BCUT2D eigenvalue weighted by Crippen LogP contribution is 2.45. The lowest BCUT2D eigenvalue weighted by molar-refractivity contribution is 0.158. The van der Waals surface area contributed by atoms with Crippen molar-refractivity contribution in [2.45, 2.75) is 5.92 Å². The van der Waals surface area contributed by atoms with Gasteiger partial charge in [0.25, 0.3) is 0 Å². The first-order chi connectivity index (χ1) is 16.1. The quantitative estimate of drug-likeness (QED) is 0.253. The molecule has 3 N–H and O–H groups in total. The molecule has 0 saturated carbocycles. The molecule has 6 heteroatoms. The molecule has 0 heterocycles. The summed E-state index contributed by atoms with van der Waals surface area (Å²) in [6.45, 7) is 0.164. The Labute approximate surface area is 190 Å². The van der Waals surface area contributed by atoms with Crippen LogP contribution in [0.3, 0.4) is 0 Å². The second-order valence-corrected chi connectivity index (χ2v) is 7.71. The average molecular weight is 439 g/mol. The Morgan fingerprint density at radius 2 is 1.42 bits per heavy atom. The third-order valence-corrected chi connectivity index (χ3v) is 5.62. The molecule has 33 heavy (non-hydrogen) atoms. The van der Waals surface area contributed by atoms with Crippen LogP contribution in [0.1, 0.15) is 17.0 Å². The lowest BCUT2D eigenvalue weighted by atomic mass is 9.98. The number of carbonyl (C=O) groups is 1. The maximum atomic E-state index is 12.5. The van der Waals surface area contributed by atoms with Crippen molar-refractivity contribution in [3.8, 4) is 34.1 Å². The number of nitrogens with one attached hydrogen (secondary N) is 1. The normalized spacial score (nSPS) is 12.0. The van der Waals surface area contributed by atoms with E-state index in [1.165, 1.54) is 12.1 Å². The number of amides is 1. The van der Waals surface area contributed by atoms with E-state index in [0.717, 1.165) is 22.3 Å². The van der Waals surface area contributed by atoms with Gasteiger partial charge >= 0.3 is 6.09 Å². The number of carbonyl (C=O) groups excluding carboxylic acids is 1. The van der Waals surface area contributed by atoms with Gasteiger partial charge in [0.05, 0.1) is 5.69 Å². The number of anilines is 1. The summed E-state index contributed by atoms with van der Waals surface area (Å²) in [5.41, 5.74) is 4.76. The average Bonchev–Trinajstić information content (AvgIpc) is 3.15. The van der Waals surface area contributed by atoms with E-state index in [-0.39, 0.29) is 24.0 Å². The highest BCUT2D eigenvalue weighted by Gasteiger charge is 2.29. The van der Waals surface area contributed by atoms with Gasteiger partial charge in [-0.25, -0.2) is 4.79 Å². The Kier molecular flexibility index (Phi) is 5.32. The molecule has 0 saturated heterocycles. The van der Waals surface area contributed by atoms with Gasteiger partial charge in [0, 0.05) is 18.1 Å². The number of aromatic hydroxyl groups is 2. The maximum absolute atomic E-state index is 12.5. The van der Waals surface area contributed by atoms with Gasteiger partial charge in [0.2, 0.25) is 5.75 Å². The summed E-state index contributed by atoms with van der Waals surface area (Å²) >= 11 is 0. The van der Waals surface area contributed by atoms with E-state index >= 15 is 0 Å². The Morgan fingerprint density at radius 1 is 0.818 bits per heavy atom. The van der Waals surface area contributed by atoms with Crippen LogP contribution in [-0.4, -0.2) is 22.9 Å². The molecule has 4 aromatic carbocycles. The zero-order valence-electron chi connectivity index (χ0n) is 17.6. The summed E-state index contributed by atoms with van der Waals surface area (Å²) in [5.74, 6) is -0.414. The molecule has 0 bridgehead atoms. The van der Waals surface area contributed by atoms with E-state index in [2.05, 4.69) is 17.4 Å². The SMILES string of the molecule is O=C(Nc1cc(O)c(O)c(Oc2ccccc2)c1)OCC1c2ccccc2-c2ccccc21. The van der Waals surface area contributed by atoms with E-state index in [9.17, 15) is 15.0 Å². The minimum Gasteiger partial charge on any atom is -0.504 e. The Balaban J connectivity index is 1.30. The van der Waals surface area contributed by atoms with E-state index in [0.29, 0.717) is 5.75 Å². The molecule has 5 rings (SSSR count). The van der Waals surface area contributed by atoms with Crippen LogP contribution in [0.5, 0.6) is 23.0 Å². The smallest absolute Gasteiger partial charge is 0.411 e. The van der Waals surface area contributed by atoms with Crippen molar-refractivity contribution >= 4 is 11.8 Å². The lowest BCUT2D eigenvalue weighted by Gasteiger charge is -2.15. The molecule has 0 unspecified atom stereocenters. The summed E-state index contributed by atoms with van der Waals surface area (Å²) in [6, 6.07) is 27.7. The first kappa shape index (κ1) is 20.5. The van der Waals surface area contributed by atoms with Crippen molar-refractivity contribution in [2.24, 2.45) is 0 Å². The monoisotopic (exact) mass is 439 g/mol. The largest absolute Gasteiger partial charge is 0.504 e. The van der Waals surface area contributed by atoms with Gasteiger partial charge in [-0.2, -0.15) is 0 Å². The zero-order chi connectivity index (χ0) is 22.8. The third kappa shape index (κ3) is 4.06. The van der Waals surface area contributed by atoms with Gasteiger partial charge in [-0.05, 0) is 34.4 Å². The van der Waals surface area contributed by atoms with E-state index in [4.69, 9.17) is 9.47 Å². The van der Waals surface area contributed by atoms with E-state index < -0.39 is 17.6 Å². The highest BCUT2D eigenvalue weighted by molar-refractivity contribution is 5.86. The molecule has 4 aromatic rings. The molecular weight excluding hydrogens is 418 g/mol. The Morgan fingerprint density at radius 3 is 2.09 bits per heavy atom. The van der Waals surface area contributed by atoms with Gasteiger partial charge in [-0.1, -0.05) is 66.7 Å². The van der Waals surface area contributed by atoms with Gasteiger partial charge in [-0.3, -0.25) is 5.32 Å². The summed E-state index contributed by atoms with van der Waals surface area (Å²) in [7, 11) is 0. The molecule has 0 aliphatic heterocycles. The second-order valence-electron chi connectivity index (χ2n) is 7.71. The number of para-hydroxylation sites is 1. The van der Waals surface area contributed by atoms with Crippen LogP contribution < -0.4 is 10.1 Å². The van der Waals surface area contributed by atoms with Gasteiger partial charge in [-0.15, -0.1) is 0 Å². The maximum Gasteiger partial charge on any atom is 0.411 e. The number of benzene rings is 4. The molecule has 1 amide bonds. The molecule has 0 fully saturated rings. The predicted molar refractivity (Wildman–Crippen MR) is 125 cm³/mol. The van der Waals surface area contributed by atoms with Crippen molar-refractivity contribution in [3.63, 3.8) is 0 Å². The van der Waals surface area contributed by atoms with Crippen molar-refractivity contribution in [1.29, 1.82) is 0 Å². The van der Waals surface area contributed by atoms with Crippen LogP contribution in [0.15, 0.2) is 91.0 Å². The van der Waals surface area contributed by atoms with Crippen molar-refractivity contribution in [2.75, 3.05) is 11.9 Å². The summed E-state index contributed by atoms with van der Waals surface area (Å²) in [4.78, 5) is 12.5. The number of hydrogen-bond acceptors (Lipinski definition) is 5. The van der Waals surface area contributed by atoms with Crippen molar-refractivity contribution < 1.29 is 24.5 Å². The van der Waals surface area contributed by atoms with E-state index in [1.54, 1.807) is 24.3 Å². The summed E-state index contributed by atoms with van der Waals surface area (Å²) in [6.07, 6.45) is -0.674. The highest BCUT2D eigenvalue weighted by atomic mass is 16.5. The van der Waals surface area contributed by atoms with Crippen LogP contribution in [0.25, 0.3) is 11.1 Å². The number of phenolic OH excluding ortho intramolecular Hbond substituents is 2. The molecule has 0 aromatic heterocycles. The molecule has 0 radical (unpaired) electrons. The standard InChI is InChI=1S/C27H21NO5/c29-24-14-17(15-25(26(24)30)33-18-8-2-1-3-9-18)28-27(31)32-16-23-21-12-6-4-10-19(21)20-11-5-7-13-22(20)23/h1-15,23,29-30H,16H2,(H,28,31). The fourth-order valence-corrected chi connectivity index (χ4v) is 4.11. The predicted octanol–water partition coefficient (Wildman–Crippen LogP) is 6.25. The topological polar surface area (TPSA) is 88.0 Å². The minimum absolute atomic E-state index is 0.00940. The number of hydrogen-bond donors (Lipinski definition) is 3. The molecule has 6 nitrogen and oxygen atoms in total. The number of ether oxygens (including phenoxy) is 2. The molecule has 1 aliphatic carbocycles. The molecular formula is C27H21NO5. The van der Waals surface area contributed by atoms with Gasteiger partial charge in [0.15, 0.2) is 11.5 Å². The number of rotatable bonds is 5. The fraction of sp³-hybridized carbons (Fsp3) is 0.0741. The third-order valence-electron chi connectivity index (χ3n) is 5.62. The molecule has 1 aliphatic rings. The Hall–Kier alpha value is -4.45. The van der Waals surface area contributed by atoms with Gasteiger partial charge < -0.3 is 19.7 Å². The van der Waals surface area contributed by atoms with Crippen LogP contribution in [-0.2, 0) is 4.74 Å². The molecule has 0 atom stereocenters. The Bertz CT molecular complexity index is 1270. The minimum atomic E-state index is -0.674. The van der Waals surface area contributed by atoms with Crippen LogP contribution >= 0.6 is 0 Å². The van der Waals surface area contributed by atoms with Crippen molar-refractivity contribution in [1.82, 2.24) is 0 Å². The first-order valence-corrected chi connectivity index (χ1v) is 10.5. The second kappa shape index (κ2) is 8.59. The molecule has 0 spiro atoms. The van der Waals surface area contributed by atoms with Gasteiger partial charge in [0.1, 0.15) is 12.4 Å². The number of fused-ring (bicyclic) bond motifs is 3. The van der Waals surface area contributed by atoms with E-state index in [1.807, 2.05) is 42.5 Å². The zero-order valence-corrected chi connectivity index (χ0v) is 17.6. The molecule has 164 valence electrons. The summed E-state index contributed by atoms with van der Waals surface area (Å²) in [5, 5.41) is 22.8.